The van der Waals surface area contributed by atoms with Crippen LogP contribution in [0.4, 0.5) is 13.2 Å². The molecule has 0 radical (unpaired) electrons. The zero-order valence-electron chi connectivity index (χ0n) is 11.8. The number of benzene rings is 1. The maximum absolute atomic E-state index is 13.8. The first-order valence-electron chi connectivity index (χ1n) is 7.25. The van der Waals surface area contributed by atoms with Crippen molar-refractivity contribution in [2.45, 2.75) is 49.4 Å². The van der Waals surface area contributed by atoms with Gasteiger partial charge in [-0.2, -0.15) is 13.2 Å². The summed E-state index contributed by atoms with van der Waals surface area (Å²) in [4.78, 5) is 0.731. The van der Waals surface area contributed by atoms with E-state index in [0.717, 1.165) is 37.7 Å². The Morgan fingerprint density at radius 3 is 2.43 bits per heavy atom. The molecule has 0 bridgehead atoms. The Morgan fingerprint density at radius 1 is 1.14 bits per heavy atom. The molecule has 0 aromatic heterocycles. The van der Waals surface area contributed by atoms with Crippen molar-refractivity contribution in [3.8, 4) is 0 Å². The zero-order chi connectivity index (χ0) is 15.3. The van der Waals surface area contributed by atoms with Crippen molar-refractivity contribution < 1.29 is 13.2 Å². The first kappa shape index (κ1) is 15.3. The van der Waals surface area contributed by atoms with E-state index in [1.54, 1.807) is 18.2 Å². The second kappa shape index (κ2) is 5.24. The molecule has 1 fully saturated rings. The first-order valence-corrected chi connectivity index (χ1v) is 9.71. The van der Waals surface area contributed by atoms with Crippen LogP contribution in [0.25, 0.3) is 6.08 Å². The number of hydrogen-bond acceptors (Lipinski definition) is 0. The first-order chi connectivity index (χ1) is 9.84. The van der Waals surface area contributed by atoms with Crippen molar-refractivity contribution in [2.24, 2.45) is 5.92 Å². The van der Waals surface area contributed by atoms with Gasteiger partial charge in [0.1, 0.15) is 0 Å². The highest BCUT2D eigenvalue weighted by Gasteiger charge is 2.57. The Labute approximate surface area is 129 Å². The summed E-state index contributed by atoms with van der Waals surface area (Å²) < 4.78 is 41.5. The van der Waals surface area contributed by atoms with Crippen LogP contribution in [-0.2, 0) is 0 Å². The van der Waals surface area contributed by atoms with Gasteiger partial charge in [-0.1, -0.05) is 31.4 Å². The van der Waals surface area contributed by atoms with Crippen molar-refractivity contribution in [3.63, 3.8) is 0 Å². The standard InChI is InChI=1S/C16H18ClF3S/c1-11-7-8-13-10-15(12-5-3-2-4-6-12)21(17,14(13)9-11)16(18,19)20/h7-10,12H,2-6H2,1H3. The van der Waals surface area contributed by atoms with E-state index in [2.05, 4.69) is 0 Å². The van der Waals surface area contributed by atoms with Gasteiger partial charge in [-0.25, -0.2) is 0 Å². The average molecular weight is 335 g/mol. The summed E-state index contributed by atoms with van der Waals surface area (Å²) in [6.07, 6.45) is 6.50. The van der Waals surface area contributed by atoms with Gasteiger partial charge in [0.2, 0.25) is 0 Å². The molecule has 5 heteroatoms. The van der Waals surface area contributed by atoms with Crippen molar-refractivity contribution in [3.05, 3.63) is 34.2 Å². The van der Waals surface area contributed by atoms with Gasteiger partial charge >= 0.3 is 5.51 Å². The maximum Gasteiger partial charge on any atom is 0.445 e. The topological polar surface area (TPSA) is 0 Å². The number of hydrogen-bond donors (Lipinski definition) is 0. The molecule has 0 saturated heterocycles. The summed E-state index contributed by atoms with van der Waals surface area (Å²) in [7, 11) is 2.93. The predicted octanol–water partition coefficient (Wildman–Crippen LogP) is 6.77. The minimum absolute atomic E-state index is 0.0134. The smallest absolute Gasteiger partial charge is 0.160 e. The summed E-state index contributed by atoms with van der Waals surface area (Å²) >= 11 is 0. The molecule has 2 aliphatic rings. The van der Waals surface area contributed by atoms with E-state index in [0.29, 0.717) is 10.5 Å². The molecule has 1 unspecified atom stereocenters. The van der Waals surface area contributed by atoms with Crippen LogP contribution in [0.5, 0.6) is 0 Å². The molecule has 1 aromatic rings. The van der Waals surface area contributed by atoms with Crippen LogP contribution in [0.15, 0.2) is 28.0 Å². The zero-order valence-corrected chi connectivity index (χ0v) is 13.4. The van der Waals surface area contributed by atoms with E-state index in [1.165, 1.54) is 0 Å². The van der Waals surface area contributed by atoms with E-state index < -0.39 is 14.7 Å². The van der Waals surface area contributed by atoms with E-state index in [1.807, 2.05) is 13.0 Å². The molecule has 0 amide bonds. The van der Waals surface area contributed by atoms with Gasteiger partial charge in [0, 0.05) is 4.90 Å². The third-order valence-corrected chi connectivity index (χ3v) is 8.68. The van der Waals surface area contributed by atoms with Gasteiger partial charge in [0.15, 0.2) is 0 Å². The number of allylic oxidation sites excluding steroid dienone is 1. The lowest BCUT2D eigenvalue weighted by atomic mass is 9.88. The fourth-order valence-corrected chi connectivity index (χ4v) is 6.83. The molecular weight excluding hydrogens is 317 g/mol. The van der Waals surface area contributed by atoms with E-state index in [4.69, 9.17) is 10.7 Å². The summed E-state index contributed by atoms with van der Waals surface area (Å²) in [5.74, 6) is -0.0134. The summed E-state index contributed by atoms with van der Waals surface area (Å²) in [5.41, 5.74) is -2.91. The molecule has 1 atom stereocenters. The lowest BCUT2D eigenvalue weighted by Gasteiger charge is -2.39. The third kappa shape index (κ3) is 2.40. The summed E-state index contributed by atoms with van der Waals surface area (Å²) in [5, 5.41) is 0. The van der Waals surface area contributed by atoms with Crippen molar-refractivity contribution >= 4 is 26.0 Å². The summed E-state index contributed by atoms with van der Waals surface area (Å²) in [6.45, 7) is 1.81. The molecule has 1 aromatic carbocycles. The van der Waals surface area contributed by atoms with Gasteiger partial charge < -0.3 is 0 Å². The van der Waals surface area contributed by atoms with Crippen LogP contribution in [0, 0.1) is 12.8 Å². The Kier molecular flexibility index (Phi) is 3.81. The Bertz CT molecular complexity index is 588. The predicted molar refractivity (Wildman–Crippen MR) is 83.5 cm³/mol. The molecule has 0 N–H and O–H groups in total. The van der Waals surface area contributed by atoms with Gasteiger partial charge in [0.25, 0.3) is 0 Å². The molecular formula is C16H18ClF3S. The van der Waals surface area contributed by atoms with Gasteiger partial charge in [-0.15, -0.1) is 0 Å². The van der Waals surface area contributed by atoms with E-state index >= 15 is 0 Å². The number of halogens is 4. The molecule has 1 saturated carbocycles. The molecule has 1 aliphatic heterocycles. The highest BCUT2D eigenvalue weighted by Crippen LogP contribution is 2.81. The lowest BCUT2D eigenvalue weighted by molar-refractivity contribution is -0.0361. The highest BCUT2D eigenvalue weighted by atomic mass is 35.7. The van der Waals surface area contributed by atoms with Crippen LogP contribution in [0.1, 0.15) is 43.2 Å². The minimum atomic E-state index is -4.39. The van der Waals surface area contributed by atoms with Crippen LogP contribution in [0.2, 0.25) is 0 Å². The molecule has 0 nitrogen and oxygen atoms in total. The lowest BCUT2D eigenvalue weighted by Crippen LogP contribution is -2.21. The normalized spacial score (nSPS) is 29.7. The highest BCUT2D eigenvalue weighted by molar-refractivity contribution is 8.54. The molecule has 0 spiro atoms. The molecule has 3 rings (SSSR count). The number of aryl methyl sites for hydroxylation is 1. The van der Waals surface area contributed by atoms with Crippen LogP contribution < -0.4 is 0 Å². The third-order valence-electron chi connectivity index (χ3n) is 4.42. The maximum atomic E-state index is 13.8. The number of fused-ring (bicyclic) bond motifs is 1. The molecule has 116 valence electrons. The van der Waals surface area contributed by atoms with Crippen molar-refractivity contribution in [1.29, 1.82) is 0 Å². The Morgan fingerprint density at radius 2 is 1.81 bits per heavy atom. The Balaban J connectivity index is 2.11. The molecule has 1 heterocycles. The van der Waals surface area contributed by atoms with Gasteiger partial charge in [0.05, 0.1) is 0 Å². The fourth-order valence-electron chi connectivity index (χ4n) is 3.36. The van der Waals surface area contributed by atoms with Crippen molar-refractivity contribution in [1.82, 2.24) is 0 Å². The molecule has 21 heavy (non-hydrogen) atoms. The van der Waals surface area contributed by atoms with E-state index in [-0.39, 0.29) is 10.8 Å². The minimum Gasteiger partial charge on any atom is -0.160 e. The van der Waals surface area contributed by atoms with Gasteiger partial charge in [-0.05, 0) is 73.8 Å². The largest absolute Gasteiger partial charge is 0.445 e. The SMILES string of the molecule is Cc1ccc2c(c1)S(Cl)(C(F)(F)F)C(C1CCCCC1)=C2. The number of alkyl halides is 3. The Hall–Kier alpha value is -0.610. The second-order valence-corrected chi connectivity index (χ2v) is 9.74. The number of rotatable bonds is 1. The molecule has 1 aliphatic carbocycles. The monoisotopic (exact) mass is 334 g/mol. The van der Waals surface area contributed by atoms with Crippen LogP contribution >= 0.6 is 19.9 Å². The van der Waals surface area contributed by atoms with E-state index in [9.17, 15) is 13.2 Å². The van der Waals surface area contributed by atoms with Gasteiger partial charge in [-0.3, -0.25) is 0 Å². The van der Waals surface area contributed by atoms with Crippen LogP contribution in [0.3, 0.4) is 0 Å². The summed E-state index contributed by atoms with van der Waals surface area (Å²) in [6, 6.07) is 5.25. The quantitative estimate of drug-likeness (QED) is 0.531. The van der Waals surface area contributed by atoms with Crippen molar-refractivity contribution in [2.75, 3.05) is 0 Å². The second-order valence-electron chi connectivity index (χ2n) is 5.91. The fraction of sp³-hybridized carbons (Fsp3) is 0.500. The van der Waals surface area contributed by atoms with Crippen LogP contribution in [-0.4, -0.2) is 5.51 Å². The average Bonchev–Trinajstić information content (AvgIpc) is 2.74.